The van der Waals surface area contributed by atoms with Crippen molar-refractivity contribution in [3.63, 3.8) is 0 Å². The summed E-state index contributed by atoms with van der Waals surface area (Å²) in [6.45, 7) is 0.446. The molecule has 1 unspecified atom stereocenters. The molecule has 0 aliphatic carbocycles. The van der Waals surface area contributed by atoms with Gasteiger partial charge in [-0.1, -0.05) is 0 Å². The number of rotatable bonds is 2. The van der Waals surface area contributed by atoms with Gasteiger partial charge in [0.15, 0.2) is 0 Å². The number of piperazine rings is 1. The second-order valence-electron chi connectivity index (χ2n) is 3.35. The number of hydrogen-bond donors (Lipinski definition) is 3. The first-order valence-electron chi connectivity index (χ1n) is 4.81. The average Bonchev–Trinajstić information content (AvgIpc) is 2.31. The van der Waals surface area contributed by atoms with Crippen molar-refractivity contribution < 1.29 is 9.59 Å². The SMILES string of the molecule is O=C1CNC(C(=O)Nc2cncnc2)CN1. The Morgan fingerprint density at radius 2 is 2.19 bits per heavy atom. The molecule has 1 aromatic rings. The summed E-state index contributed by atoms with van der Waals surface area (Å²) in [6.07, 6.45) is 4.40. The fraction of sp³-hybridized carbons (Fsp3) is 0.333. The van der Waals surface area contributed by atoms with E-state index in [1.165, 1.54) is 18.7 Å². The van der Waals surface area contributed by atoms with Gasteiger partial charge in [-0.15, -0.1) is 0 Å². The highest BCUT2D eigenvalue weighted by molar-refractivity contribution is 5.96. The number of carbonyl (C=O) groups excluding carboxylic acids is 2. The Labute approximate surface area is 91.7 Å². The van der Waals surface area contributed by atoms with Crippen LogP contribution in [-0.4, -0.2) is 40.9 Å². The highest BCUT2D eigenvalue weighted by Crippen LogP contribution is 2.01. The topological polar surface area (TPSA) is 96.0 Å². The molecule has 1 fully saturated rings. The van der Waals surface area contributed by atoms with Crippen LogP contribution in [0.1, 0.15) is 0 Å². The van der Waals surface area contributed by atoms with Crippen molar-refractivity contribution in [2.24, 2.45) is 0 Å². The zero-order valence-electron chi connectivity index (χ0n) is 8.43. The van der Waals surface area contributed by atoms with Gasteiger partial charge < -0.3 is 10.6 Å². The summed E-state index contributed by atoms with van der Waals surface area (Å²) in [6, 6.07) is -0.419. The van der Waals surface area contributed by atoms with Crippen molar-refractivity contribution in [3.8, 4) is 0 Å². The zero-order valence-corrected chi connectivity index (χ0v) is 8.43. The third kappa shape index (κ3) is 2.51. The van der Waals surface area contributed by atoms with E-state index >= 15 is 0 Å². The van der Waals surface area contributed by atoms with Crippen LogP contribution in [0.15, 0.2) is 18.7 Å². The number of anilines is 1. The smallest absolute Gasteiger partial charge is 0.243 e. The monoisotopic (exact) mass is 221 g/mol. The van der Waals surface area contributed by atoms with E-state index in [0.717, 1.165) is 0 Å². The Hall–Kier alpha value is -2.02. The number of nitrogens with one attached hydrogen (secondary N) is 3. The van der Waals surface area contributed by atoms with Gasteiger partial charge in [0.25, 0.3) is 0 Å². The van der Waals surface area contributed by atoms with Gasteiger partial charge >= 0.3 is 0 Å². The lowest BCUT2D eigenvalue weighted by Crippen LogP contribution is -2.56. The first kappa shape index (κ1) is 10.5. The highest BCUT2D eigenvalue weighted by Gasteiger charge is 2.23. The molecule has 1 aliphatic heterocycles. The molecular formula is C9H11N5O2. The molecule has 0 aromatic carbocycles. The fourth-order valence-corrected chi connectivity index (χ4v) is 1.34. The minimum atomic E-state index is -0.419. The molecule has 1 atom stereocenters. The van der Waals surface area contributed by atoms with Crippen molar-refractivity contribution >= 4 is 17.5 Å². The van der Waals surface area contributed by atoms with E-state index in [-0.39, 0.29) is 18.4 Å². The Morgan fingerprint density at radius 1 is 1.44 bits per heavy atom. The molecule has 2 rings (SSSR count). The van der Waals surface area contributed by atoms with E-state index in [9.17, 15) is 9.59 Å². The predicted octanol–water partition coefficient (Wildman–Crippen LogP) is -1.50. The third-order valence-electron chi connectivity index (χ3n) is 2.16. The van der Waals surface area contributed by atoms with Gasteiger partial charge in [-0.2, -0.15) is 0 Å². The maximum atomic E-state index is 11.7. The number of hydrogen-bond acceptors (Lipinski definition) is 5. The van der Waals surface area contributed by atoms with Gasteiger partial charge in [0.05, 0.1) is 24.6 Å². The van der Waals surface area contributed by atoms with Gasteiger partial charge in [0.1, 0.15) is 12.4 Å². The minimum absolute atomic E-state index is 0.105. The van der Waals surface area contributed by atoms with Crippen LogP contribution in [-0.2, 0) is 9.59 Å². The first-order chi connectivity index (χ1) is 7.75. The summed E-state index contributed by atoms with van der Waals surface area (Å²) in [5, 5.41) is 8.08. The fourth-order valence-electron chi connectivity index (χ4n) is 1.34. The lowest BCUT2D eigenvalue weighted by atomic mass is 10.2. The Balaban J connectivity index is 1.91. The molecule has 16 heavy (non-hydrogen) atoms. The van der Waals surface area contributed by atoms with E-state index < -0.39 is 6.04 Å². The van der Waals surface area contributed by atoms with Crippen LogP contribution in [0.25, 0.3) is 0 Å². The standard InChI is InChI=1S/C9H11N5O2/c15-8-4-12-7(3-13-8)9(16)14-6-1-10-5-11-2-6/h1-2,5,7,12H,3-4H2,(H,13,15)(H,14,16). The Kier molecular flexibility index (Phi) is 3.06. The van der Waals surface area contributed by atoms with E-state index in [2.05, 4.69) is 25.9 Å². The summed E-state index contributed by atoms with van der Waals surface area (Å²) < 4.78 is 0. The molecule has 1 aromatic heterocycles. The van der Waals surface area contributed by atoms with Gasteiger partial charge in [-0.3, -0.25) is 14.9 Å². The largest absolute Gasteiger partial charge is 0.353 e. The molecule has 2 heterocycles. The maximum Gasteiger partial charge on any atom is 0.243 e. The molecule has 2 amide bonds. The van der Waals surface area contributed by atoms with E-state index in [1.54, 1.807) is 0 Å². The first-order valence-corrected chi connectivity index (χ1v) is 4.81. The lowest BCUT2D eigenvalue weighted by molar-refractivity contribution is -0.124. The van der Waals surface area contributed by atoms with E-state index in [1.807, 2.05) is 0 Å². The maximum absolute atomic E-state index is 11.7. The zero-order chi connectivity index (χ0) is 11.4. The molecule has 7 heteroatoms. The third-order valence-corrected chi connectivity index (χ3v) is 2.16. The molecule has 0 spiro atoms. The van der Waals surface area contributed by atoms with Crippen molar-refractivity contribution in [2.75, 3.05) is 18.4 Å². The number of amides is 2. The van der Waals surface area contributed by atoms with Crippen LogP contribution in [0.4, 0.5) is 5.69 Å². The molecule has 0 saturated carbocycles. The van der Waals surface area contributed by atoms with Gasteiger partial charge in [0, 0.05) is 6.54 Å². The van der Waals surface area contributed by atoms with Crippen LogP contribution in [0, 0.1) is 0 Å². The summed E-state index contributed by atoms with van der Waals surface area (Å²) in [4.78, 5) is 30.1. The number of nitrogens with zero attached hydrogens (tertiary/aromatic N) is 2. The second-order valence-corrected chi connectivity index (χ2v) is 3.35. The molecule has 1 aliphatic rings. The molecular weight excluding hydrogens is 210 g/mol. The highest BCUT2D eigenvalue weighted by atomic mass is 16.2. The van der Waals surface area contributed by atoms with E-state index in [4.69, 9.17) is 0 Å². The second kappa shape index (κ2) is 4.67. The van der Waals surface area contributed by atoms with Crippen molar-refractivity contribution in [3.05, 3.63) is 18.7 Å². The Morgan fingerprint density at radius 3 is 2.81 bits per heavy atom. The van der Waals surface area contributed by atoms with Crippen LogP contribution in [0.5, 0.6) is 0 Å². The van der Waals surface area contributed by atoms with E-state index in [0.29, 0.717) is 12.2 Å². The normalized spacial score (nSPS) is 20.0. The summed E-state index contributed by atoms with van der Waals surface area (Å²) in [5.41, 5.74) is 0.534. The van der Waals surface area contributed by atoms with Crippen LogP contribution in [0.3, 0.4) is 0 Å². The molecule has 3 N–H and O–H groups in total. The lowest BCUT2D eigenvalue weighted by Gasteiger charge is -2.22. The molecule has 84 valence electrons. The van der Waals surface area contributed by atoms with Crippen LogP contribution < -0.4 is 16.0 Å². The number of aromatic nitrogens is 2. The van der Waals surface area contributed by atoms with Crippen molar-refractivity contribution in [1.29, 1.82) is 0 Å². The Bertz CT molecular complexity index is 384. The minimum Gasteiger partial charge on any atom is -0.353 e. The molecule has 7 nitrogen and oxygen atoms in total. The van der Waals surface area contributed by atoms with Crippen molar-refractivity contribution in [2.45, 2.75) is 6.04 Å². The van der Waals surface area contributed by atoms with Gasteiger partial charge in [0.2, 0.25) is 11.8 Å². The number of carbonyl (C=O) groups is 2. The molecule has 1 saturated heterocycles. The molecule has 0 bridgehead atoms. The summed E-state index contributed by atoms with van der Waals surface area (Å²) in [5.74, 6) is -0.318. The van der Waals surface area contributed by atoms with Crippen molar-refractivity contribution in [1.82, 2.24) is 20.6 Å². The van der Waals surface area contributed by atoms with Crippen LogP contribution in [0.2, 0.25) is 0 Å². The van der Waals surface area contributed by atoms with Crippen LogP contribution >= 0.6 is 0 Å². The van der Waals surface area contributed by atoms with Gasteiger partial charge in [-0.25, -0.2) is 9.97 Å². The molecule has 0 radical (unpaired) electrons. The average molecular weight is 221 g/mol. The van der Waals surface area contributed by atoms with Gasteiger partial charge in [-0.05, 0) is 0 Å². The summed E-state index contributed by atoms with van der Waals surface area (Å²) >= 11 is 0. The quantitative estimate of drug-likeness (QED) is 0.565. The predicted molar refractivity (Wildman–Crippen MR) is 55.5 cm³/mol. The summed E-state index contributed by atoms with van der Waals surface area (Å²) in [7, 11) is 0.